The van der Waals surface area contributed by atoms with Gasteiger partial charge in [0.05, 0.1) is 20.8 Å². The van der Waals surface area contributed by atoms with Gasteiger partial charge in [0.2, 0.25) is 5.91 Å². The molecule has 1 atom stereocenters. The molecule has 7 heteroatoms. The molecule has 0 radical (unpaired) electrons. The summed E-state index contributed by atoms with van der Waals surface area (Å²) >= 11 is 0. The lowest BCUT2D eigenvalue weighted by molar-refractivity contribution is -0.122. The maximum atomic E-state index is 12.6. The van der Waals surface area contributed by atoms with Gasteiger partial charge in [-0.1, -0.05) is 12.1 Å². The van der Waals surface area contributed by atoms with Crippen molar-refractivity contribution in [1.82, 2.24) is 10.2 Å². The molecule has 1 fully saturated rings. The zero-order valence-corrected chi connectivity index (χ0v) is 17.5. The summed E-state index contributed by atoms with van der Waals surface area (Å²) in [5.41, 5.74) is 2.13. The zero-order valence-electron chi connectivity index (χ0n) is 17.5. The SMILES string of the molecule is COc1ccc(CNC(=O)CN2CCC[C@@H]2c2ccc3c(c2)OCCO3)cc1OC. The molecule has 1 N–H and O–H groups in total. The summed E-state index contributed by atoms with van der Waals surface area (Å²) < 4.78 is 21.9. The van der Waals surface area contributed by atoms with Crippen molar-refractivity contribution < 1.29 is 23.7 Å². The van der Waals surface area contributed by atoms with Crippen molar-refractivity contribution in [2.24, 2.45) is 0 Å². The molecule has 0 unspecified atom stereocenters. The number of fused-ring (bicyclic) bond motifs is 1. The second kappa shape index (κ2) is 9.26. The normalized spacial score (nSPS) is 18.1. The Morgan fingerprint density at radius 1 is 1.07 bits per heavy atom. The summed E-state index contributed by atoms with van der Waals surface area (Å²) in [5, 5.41) is 3.01. The summed E-state index contributed by atoms with van der Waals surface area (Å²) in [6.07, 6.45) is 2.10. The lowest BCUT2D eigenvalue weighted by Gasteiger charge is -2.26. The number of benzene rings is 2. The molecule has 2 aromatic rings. The molecule has 1 amide bonds. The molecule has 0 bridgehead atoms. The average Bonchev–Trinajstić information content (AvgIpc) is 3.25. The third-order valence-corrected chi connectivity index (χ3v) is 5.60. The number of nitrogens with one attached hydrogen (secondary N) is 1. The standard InChI is InChI=1S/C23H28N2O5/c1-27-19-7-5-16(12-21(19)28-2)14-24-23(26)15-25-9-3-4-18(25)17-6-8-20-22(13-17)30-11-10-29-20/h5-8,12-13,18H,3-4,9-11,14-15H2,1-2H3,(H,24,26)/t18-/m1/s1. The van der Waals surface area contributed by atoms with E-state index in [2.05, 4.69) is 22.3 Å². The number of amides is 1. The second-order valence-corrected chi connectivity index (χ2v) is 7.50. The predicted octanol–water partition coefficient (Wildman–Crippen LogP) is 2.93. The summed E-state index contributed by atoms with van der Waals surface area (Å²) in [6.45, 7) is 2.88. The van der Waals surface area contributed by atoms with Gasteiger partial charge in [0.1, 0.15) is 13.2 Å². The van der Waals surface area contributed by atoms with Crippen molar-refractivity contribution in [3.8, 4) is 23.0 Å². The van der Waals surface area contributed by atoms with Crippen molar-refractivity contribution in [1.29, 1.82) is 0 Å². The van der Waals surface area contributed by atoms with Crippen molar-refractivity contribution >= 4 is 5.91 Å². The van der Waals surface area contributed by atoms with E-state index in [0.717, 1.165) is 36.4 Å². The number of ether oxygens (including phenoxy) is 4. The van der Waals surface area contributed by atoms with Crippen LogP contribution in [0.15, 0.2) is 36.4 Å². The first kappa shape index (κ1) is 20.3. The molecule has 2 aliphatic rings. The molecule has 7 nitrogen and oxygen atoms in total. The lowest BCUT2D eigenvalue weighted by atomic mass is 10.0. The molecule has 1 saturated heterocycles. The Morgan fingerprint density at radius 2 is 1.87 bits per heavy atom. The van der Waals surface area contributed by atoms with Crippen LogP contribution in [0.5, 0.6) is 23.0 Å². The third kappa shape index (κ3) is 4.46. The Balaban J connectivity index is 1.36. The number of methoxy groups -OCH3 is 2. The molecule has 0 aliphatic carbocycles. The minimum atomic E-state index is 0.00854. The van der Waals surface area contributed by atoms with Gasteiger partial charge in [0.25, 0.3) is 0 Å². The van der Waals surface area contributed by atoms with Gasteiger partial charge in [-0.15, -0.1) is 0 Å². The van der Waals surface area contributed by atoms with Gasteiger partial charge in [0, 0.05) is 12.6 Å². The van der Waals surface area contributed by atoms with Crippen molar-refractivity contribution in [2.45, 2.75) is 25.4 Å². The maximum Gasteiger partial charge on any atom is 0.234 e. The number of carbonyl (C=O) groups excluding carboxylic acids is 1. The Labute approximate surface area is 176 Å². The van der Waals surface area contributed by atoms with E-state index in [9.17, 15) is 4.79 Å². The van der Waals surface area contributed by atoms with Crippen LogP contribution in [0.4, 0.5) is 0 Å². The molecular formula is C23H28N2O5. The fraction of sp³-hybridized carbons (Fsp3) is 0.435. The van der Waals surface area contributed by atoms with Crippen LogP contribution in [0.25, 0.3) is 0 Å². The van der Waals surface area contributed by atoms with Crippen LogP contribution in [-0.2, 0) is 11.3 Å². The summed E-state index contributed by atoms with van der Waals surface area (Å²) in [5.74, 6) is 2.93. The minimum absolute atomic E-state index is 0.00854. The van der Waals surface area contributed by atoms with Gasteiger partial charge in [-0.2, -0.15) is 0 Å². The van der Waals surface area contributed by atoms with E-state index < -0.39 is 0 Å². The molecule has 2 heterocycles. The van der Waals surface area contributed by atoms with E-state index in [1.807, 2.05) is 24.3 Å². The third-order valence-electron chi connectivity index (χ3n) is 5.60. The molecule has 2 aliphatic heterocycles. The van der Waals surface area contributed by atoms with E-state index in [4.69, 9.17) is 18.9 Å². The number of carbonyl (C=O) groups is 1. The molecule has 30 heavy (non-hydrogen) atoms. The number of nitrogens with zero attached hydrogens (tertiary/aromatic N) is 1. The first-order valence-corrected chi connectivity index (χ1v) is 10.3. The fourth-order valence-corrected chi connectivity index (χ4v) is 4.09. The largest absolute Gasteiger partial charge is 0.493 e. The van der Waals surface area contributed by atoms with Crippen LogP contribution in [0.3, 0.4) is 0 Å². The first-order valence-electron chi connectivity index (χ1n) is 10.3. The van der Waals surface area contributed by atoms with Crippen molar-refractivity contribution in [3.63, 3.8) is 0 Å². The van der Waals surface area contributed by atoms with E-state index in [-0.39, 0.29) is 11.9 Å². The molecule has 160 valence electrons. The predicted molar refractivity (Wildman–Crippen MR) is 112 cm³/mol. The molecule has 0 aromatic heterocycles. The lowest BCUT2D eigenvalue weighted by Crippen LogP contribution is -2.36. The van der Waals surface area contributed by atoms with Gasteiger partial charge >= 0.3 is 0 Å². The second-order valence-electron chi connectivity index (χ2n) is 7.50. The Hall–Kier alpha value is -2.93. The Bertz CT molecular complexity index is 901. The highest BCUT2D eigenvalue weighted by Crippen LogP contribution is 2.37. The monoisotopic (exact) mass is 412 g/mol. The molecule has 4 rings (SSSR count). The molecular weight excluding hydrogens is 384 g/mol. The molecule has 0 saturated carbocycles. The summed E-state index contributed by atoms with van der Waals surface area (Å²) in [4.78, 5) is 14.8. The quantitative estimate of drug-likeness (QED) is 0.754. The van der Waals surface area contributed by atoms with Gasteiger partial charge in [-0.25, -0.2) is 0 Å². The van der Waals surface area contributed by atoms with E-state index >= 15 is 0 Å². The van der Waals surface area contributed by atoms with Crippen LogP contribution in [0.2, 0.25) is 0 Å². The van der Waals surface area contributed by atoms with Crippen LogP contribution in [0, 0.1) is 0 Å². The number of hydrogen-bond acceptors (Lipinski definition) is 6. The van der Waals surface area contributed by atoms with Gasteiger partial charge in [-0.3, -0.25) is 9.69 Å². The van der Waals surface area contributed by atoms with Gasteiger partial charge < -0.3 is 24.3 Å². The van der Waals surface area contributed by atoms with E-state index in [0.29, 0.717) is 37.8 Å². The zero-order chi connectivity index (χ0) is 20.9. The first-order chi connectivity index (χ1) is 14.7. The van der Waals surface area contributed by atoms with Crippen LogP contribution < -0.4 is 24.3 Å². The summed E-state index contributed by atoms with van der Waals surface area (Å²) in [6, 6.07) is 12.0. The number of rotatable bonds is 7. The van der Waals surface area contributed by atoms with Crippen LogP contribution >= 0.6 is 0 Å². The number of likely N-dealkylation sites (tertiary alicyclic amines) is 1. The van der Waals surface area contributed by atoms with Gasteiger partial charge in [0.15, 0.2) is 23.0 Å². The minimum Gasteiger partial charge on any atom is -0.493 e. The van der Waals surface area contributed by atoms with Crippen LogP contribution in [0.1, 0.15) is 30.0 Å². The van der Waals surface area contributed by atoms with Crippen molar-refractivity contribution in [3.05, 3.63) is 47.5 Å². The highest BCUT2D eigenvalue weighted by atomic mass is 16.6. The van der Waals surface area contributed by atoms with Gasteiger partial charge in [-0.05, 0) is 54.8 Å². The smallest absolute Gasteiger partial charge is 0.234 e. The van der Waals surface area contributed by atoms with E-state index in [1.165, 1.54) is 5.56 Å². The maximum absolute atomic E-state index is 12.6. The molecule has 2 aromatic carbocycles. The highest BCUT2D eigenvalue weighted by molar-refractivity contribution is 5.78. The topological polar surface area (TPSA) is 69.3 Å². The molecule has 0 spiro atoms. The fourth-order valence-electron chi connectivity index (χ4n) is 4.09. The van der Waals surface area contributed by atoms with Crippen molar-refractivity contribution in [2.75, 3.05) is 40.5 Å². The Kier molecular flexibility index (Phi) is 6.28. The highest BCUT2D eigenvalue weighted by Gasteiger charge is 2.28. The Morgan fingerprint density at radius 3 is 2.67 bits per heavy atom. The van der Waals surface area contributed by atoms with Crippen LogP contribution in [-0.4, -0.2) is 51.3 Å². The average molecular weight is 412 g/mol. The van der Waals surface area contributed by atoms with E-state index in [1.54, 1.807) is 14.2 Å². The summed E-state index contributed by atoms with van der Waals surface area (Å²) in [7, 11) is 3.21. The number of hydrogen-bond donors (Lipinski definition) is 1.